The molecule has 1 rings (SSSR count). The van der Waals surface area contributed by atoms with Crippen LogP contribution in [0.1, 0.15) is 51.9 Å². The molecule has 0 saturated heterocycles. The zero-order valence-corrected chi connectivity index (χ0v) is 10.4. The van der Waals surface area contributed by atoms with Crippen LogP contribution < -0.4 is 11.1 Å². The number of carboxylic acids is 1. The number of amides is 1. The fourth-order valence-corrected chi connectivity index (χ4v) is 2.40. The third-order valence-electron chi connectivity index (χ3n) is 3.47. The molecular formula is C12H22N2O3. The van der Waals surface area contributed by atoms with Crippen LogP contribution in [0.2, 0.25) is 0 Å². The van der Waals surface area contributed by atoms with Gasteiger partial charge in [-0.05, 0) is 19.3 Å². The highest BCUT2D eigenvalue weighted by Crippen LogP contribution is 2.31. The predicted molar refractivity (Wildman–Crippen MR) is 64.5 cm³/mol. The lowest BCUT2D eigenvalue weighted by atomic mass is 9.79. The van der Waals surface area contributed by atoms with Crippen molar-refractivity contribution >= 4 is 11.9 Å². The number of hydrogen-bond donors (Lipinski definition) is 3. The van der Waals surface area contributed by atoms with Crippen molar-refractivity contribution in [2.45, 2.75) is 63.5 Å². The van der Waals surface area contributed by atoms with Crippen molar-refractivity contribution in [3.05, 3.63) is 0 Å². The minimum Gasteiger partial charge on any atom is -0.481 e. The molecule has 0 heterocycles. The van der Waals surface area contributed by atoms with Gasteiger partial charge in [-0.1, -0.05) is 26.2 Å². The van der Waals surface area contributed by atoms with E-state index in [4.69, 9.17) is 10.8 Å². The molecule has 0 aromatic heterocycles. The molecule has 0 spiro atoms. The first-order chi connectivity index (χ1) is 7.99. The molecule has 0 aromatic rings. The molecule has 4 N–H and O–H groups in total. The number of carbonyl (C=O) groups excluding carboxylic acids is 1. The Bertz CT molecular complexity index is 285. The molecule has 5 heteroatoms. The smallest absolute Gasteiger partial charge is 0.305 e. The fraction of sp³-hybridized carbons (Fsp3) is 0.833. The second-order valence-electron chi connectivity index (χ2n) is 4.92. The fourth-order valence-electron chi connectivity index (χ4n) is 2.40. The van der Waals surface area contributed by atoms with E-state index in [0.717, 1.165) is 32.1 Å². The highest BCUT2D eigenvalue weighted by molar-refractivity contribution is 5.83. The van der Waals surface area contributed by atoms with E-state index in [0.29, 0.717) is 6.42 Å². The first-order valence-electron chi connectivity index (χ1n) is 6.28. The quantitative estimate of drug-likeness (QED) is 0.671. The van der Waals surface area contributed by atoms with Crippen molar-refractivity contribution in [3.8, 4) is 0 Å². The number of rotatable bonds is 5. The summed E-state index contributed by atoms with van der Waals surface area (Å²) in [4.78, 5) is 22.7. The predicted octanol–water partition coefficient (Wildman–Crippen LogP) is 1.02. The van der Waals surface area contributed by atoms with Crippen molar-refractivity contribution in [3.63, 3.8) is 0 Å². The van der Waals surface area contributed by atoms with Crippen LogP contribution in [0.25, 0.3) is 0 Å². The summed E-state index contributed by atoms with van der Waals surface area (Å²) in [6.45, 7) is 1.84. The topological polar surface area (TPSA) is 92.4 Å². The number of aliphatic carboxylic acids is 1. The lowest BCUT2D eigenvalue weighted by molar-refractivity contribution is -0.139. The van der Waals surface area contributed by atoms with Gasteiger partial charge in [0, 0.05) is 0 Å². The minimum atomic E-state index is -0.864. The molecule has 1 fully saturated rings. The van der Waals surface area contributed by atoms with Crippen molar-refractivity contribution < 1.29 is 14.7 Å². The normalized spacial score (nSPS) is 20.6. The van der Waals surface area contributed by atoms with Gasteiger partial charge in [0.1, 0.15) is 0 Å². The van der Waals surface area contributed by atoms with Crippen LogP contribution in [0, 0.1) is 0 Å². The molecule has 1 aliphatic rings. The Kier molecular flexibility index (Phi) is 4.93. The van der Waals surface area contributed by atoms with E-state index in [1.807, 2.05) is 6.92 Å². The van der Waals surface area contributed by atoms with E-state index in [2.05, 4.69) is 5.32 Å². The van der Waals surface area contributed by atoms with Gasteiger partial charge in [0.2, 0.25) is 5.91 Å². The summed E-state index contributed by atoms with van der Waals surface area (Å²) in [5.74, 6) is -1.09. The zero-order valence-electron chi connectivity index (χ0n) is 10.4. The van der Waals surface area contributed by atoms with Crippen LogP contribution in [0.4, 0.5) is 0 Å². The maximum Gasteiger partial charge on any atom is 0.305 e. The average Bonchev–Trinajstić information content (AvgIpc) is 2.27. The monoisotopic (exact) mass is 242 g/mol. The summed E-state index contributed by atoms with van der Waals surface area (Å²) in [5, 5.41) is 11.8. The summed E-state index contributed by atoms with van der Waals surface area (Å²) < 4.78 is 0. The molecule has 0 bridgehead atoms. The Morgan fingerprint density at radius 1 is 1.35 bits per heavy atom. The first kappa shape index (κ1) is 14.0. The van der Waals surface area contributed by atoms with Crippen molar-refractivity contribution in [2.75, 3.05) is 0 Å². The number of carbonyl (C=O) groups is 2. The maximum absolute atomic E-state index is 11.8. The van der Waals surface area contributed by atoms with Gasteiger partial charge in [-0.3, -0.25) is 9.59 Å². The number of hydrogen-bond acceptors (Lipinski definition) is 3. The standard InChI is InChI=1S/C12H22N2O3/c1-2-9(13)11(17)14-12(8-10(15)16)6-4-3-5-7-12/h9H,2-8,13H2,1H3,(H,14,17)(H,15,16). The number of nitrogens with two attached hydrogens (primary N) is 1. The van der Waals surface area contributed by atoms with Crippen LogP contribution in [0.5, 0.6) is 0 Å². The summed E-state index contributed by atoms with van der Waals surface area (Å²) in [5.41, 5.74) is 5.09. The summed E-state index contributed by atoms with van der Waals surface area (Å²) in [6.07, 6.45) is 5.08. The Morgan fingerprint density at radius 2 is 1.94 bits per heavy atom. The van der Waals surface area contributed by atoms with Crippen molar-refractivity contribution in [1.29, 1.82) is 0 Å². The van der Waals surface area contributed by atoms with E-state index in [1.54, 1.807) is 0 Å². The molecule has 1 aliphatic carbocycles. The van der Waals surface area contributed by atoms with Gasteiger partial charge in [-0.15, -0.1) is 0 Å². The highest BCUT2D eigenvalue weighted by Gasteiger charge is 2.36. The summed E-state index contributed by atoms with van der Waals surface area (Å²) in [6, 6.07) is -0.539. The maximum atomic E-state index is 11.8. The molecule has 1 saturated carbocycles. The largest absolute Gasteiger partial charge is 0.481 e. The number of carboxylic acid groups (broad SMARTS) is 1. The van der Waals surface area contributed by atoms with Crippen LogP contribution in [0.3, 0.4) is 0 Å². The third kappa shape index (κ3) is 4.00. The Balaban J connectivity index is 2.69. The molecule has 1 unspecified atom stereocenters. The van der Waals surface area contributed by atoms with Crippen LogP contribution in [-0.2, 0) is 9.59 Å². The zero-order chi connectivity index (χ0) is 12.9. The van der Waals surface area contributed by atoms with Crippen LogP contribution in [0.15, 0.2) is 0 Å². The van der Waals surface area contributed by atoms with E-state index >= 15 is 0 Å². The van der Waals surface area contributed by atoms with Gasteiger partial charge in [-0.25, -0.2) is 0 Å². The second-order valence-corrected chi connectivity index (χ2v) is 4.92. The molecule has 98 valence electrons. The molecule has 0 radical (unpaired) electrons. The molecule has 5 nitrogen and oxygen atoms in total. The SMILES string of the molecule is CCC(N)C(=O)NC1(CC(=O)O)CCCCC1. The number of nitrogens with one attached hydrogen (secondary N) is 1. The molecular weight excluding hydrogens is 220 g/mol. The first-order valence-corrected chi connectivity index (χ1v) is 6.28. The van der Waals surface area contributed by atoms with Gasteiger partial charge in [0.25, 0.3) is 0 Å². The van der Waals surface area contributed by atoms with Gasteiger partial charge in [-0.2, -0.15) is 0 Å². The molecule has 1 atom stereocenters. The molecule has 0 aromatic carbocycles. The van der Waals surface area contributed by atoms with Gasteiger partial charge >= 0.3 is 5.97 Å². The highest BCUT2D eigenvalue weighted by atomic mass is 16.4. The lowest BCUT2D eigenvalue weighted by Gasteiger charge is -2.37. The van der Waals surface area contributed by atoms with Crippen molar-refractivity contribution in [1.82, 2.24) is 5.32 Å². The van der Waals surface area contributed by atoms with E-state index in [1.165, 1.54) is 0 Å². The van der Waals surface area contributed by atoms with Gasteiger partial charge in [0.05, 0.1) is 18.0 Å². The molecule has 17 heavy (non-hydrogen) atoms. The van der Waals surface area contributed by atoms with Gasteiger partial charge in [0.15, 0.2) is 0 Å². The van der Waals surface area contributed by atoms with Crippen LogP contribution in [-0.4, -0.2) is 28.6 Å². The van der Waals surface area contributed by atoms with E-state index < -0.39 is 17.6 Å². The van der Waals surface area contributed by atoms with Gasteiger partial charge < -0.3 is 16.2 Å². The molecule has 1 amide bonds. The Labute approximate surface area is 102 Å². The van der Waals surface area contributed by atoms with Crippen molar-refractivity contribution in [2.24, 2.45) is 5.73 Å². The second kappa shape index (κ2) is 6.00. The third-order valence-corrected chi connectivity index (χ3v) is 3.47. The Hall–Kier alpha value is -1.10. The Morgan fingerprint density at radius 3 is 2.41 bits per heavy atom. The van der Waals surface area contributed by atoms with E-state index in [9.17, 15) is 9.59 Å². The molecule has 0 aliphatic heterocycles. The van der Waals surface area contributed by atoms with E-state index in [-0.39, 0.29) is 12.3 Å². The summed E-state index contributed by atoms with van der Waals surface area (Å²) >= 11 is 0. The van der Waals surface area contributed by atoms with Crippen LogP contribution >= 0.6 is 0 Å². The minimum absolute atomic E-state index is 0.00479. The average molecular weight is 242 g/mol. The lowest BCUT2D eigenvalue weighted by Crippen LogP contribution is -2.55. The summed E-state index contributed by atoms with van der Waals surface area (Å²) in [7, 11) is 0.